The lowest BCUT2D eigenvalue weighted by atomic mass is 10.0. The average molecular weight is 423 g/mol. The van der Waals surface area contributed by atoms with Gasteiger partial charge in [0.1, 0.15) is 17.1 Å². The van der Waals surface area contributed by atoms with Crippen molar-refractivity contribution in [2.45, 2.75) is 32.5 Å². The number of carbonyl (C=O) groups excluding carboxylic acids is 3. The van der Waals surface area contributed by atoms with Crippen LogP contribution in [0.3, 0.4) is 0 Å². The van der Waals surface area contributed by atoms with Crippen LogP contribution in [0.4, 0.5) is 9.18 Å². The Hall–Kier alpha value is -3.14. The number of halogens is 2. The maximum Gasteiger partial charge on any atom is 0.318 e. The summed E-state index contributed by atoms with van der Waals surface area (Å²) in [5.74, 6) is -2.01. The van der Waals surface area contributed by atoms with Crippen molar-refractivity contribution in [1.82, 2.24) is 20.0 Å². The molecule has 0 bridgehead atoms. The molecule has 9 nitrogen and oxygen atoms in total. The molecule has 0 aliphatic carbocycles. The number of rotatable bonds is 4. The van der Waals surface area contributed by atoms with Crippen LogP contribution in [-0.2, 0) is 17.9 Å². The lowest BCUT2D eigenvalue weighted by Gasteiger charge is -2.31. The molecule has 3 rings (SSSR count). The average Bonchev–Trinajstić information content (AvgIpc) is 3.02. The summed E-state index contributed by atoms with van der Waals surface area (Å²) in [6.07, 6.45) is 0. The smallest absolute Gasteiger partial charge is 0.318 e. The van der Waals surface area contributed by atoms with E-state index < -0.39 is 29.2 Å². The summed E-state index contributed by atoms with van der Waals surface area (Å²) in [4.78, 5) is 37.6. The fraction of sp³-hybridized carbons (Fsp3) is 0.333. The molecule has 2 heterocycles. The molecule has 1 aromatic carbocycles. The number of aromatic nitrogens is 2. The van der Waals surface area contributed by atoms with Crippen molar-refractivity contribution in [1.29, 1.82) is 0 Å². The lowest BCUT2D eigenvalue weighted by molar-refractivity contribution is -0.122. The van der Waals surface area contributed by atoms with Gasteiger partial charge in [0.15, 0.2) is 0 Å². The number of urea groups is 1. The summed E-state index contributed by atoms with van der Waals surface area (Å²) in [7, 11) is 0. The van der Waals surface area contributed by atoms with Crippen LogP contribution in [0.1, 0.15) is 29.9 Å². The molecule has 154 valence electrons. The van der Waals surface area contributed by atoms with E-state index in [9.17, 15) is 18.8 Å². The number of nitrogens with one attached hydrogen (secondary N) is 1. The van der Waals surface area contributed by atoms with Gasteiger partial charge in [0.2, 0.25) is 5.91 Å². The molecule has 5 N–H and O–H groups in total. The molecule has 1 aliphatic rings. The van der Waals surface area contributed by atoms with Gasteiger partial charge in [0.05, 0.1) is 29.4 Å². The Morgan fingerprint density at radius 1 is 1.24 bits per heavy atom. The van der Waals surface area contributed by atoms with E-state index in [2.05, 4.69) is 10.4 Å². The fourth-order valence-corrected chi connectivity index (χ4v) is 3.18. The Morgan fingerprint density at radius 2 is 1.93 bits per heavy atom. The van der Waals surface area contributed by atoms with E-state index in [0.29, 0.717) is 17.8 Å². The molecule has 1 aliphatic heterocycles. The summed E-state index contributed by atoms with van der Waals surface area (Å²) in [6.45, 7) is 3.62. The summed E-state index contributed by atoms with van der Waals surface area (Å²) < 4.78 is 15.1. The number of hydrogen-bond acceptors (Lipinski definition) is 4. The fourth-order valence-electron chi connectivity index (χ4n) is 3.00. The third kappa shape index (κ3) is 3.88. The van der Waals surface area contributed by atoms with E-state index in [1.165, 1.54) is 36.9 Å². The second-order valence-electron chi connectivity index (χ2n) is 7.23. The van der Waals surface area contributed by atoms with E-state index in [1.807, 2.05) is 0 Å². The number of benzene rings is 1. The van der Waals surface area contributed by atoms with Crippen molar-refractivity contribution in [3.63, 3.8) is 0 Å². The summed E-state index contributed by atoms with van der Waals surface area (Å²) in [6, 6.07) is 3.47. The maximum absolute atomic E-state index is 13.5. The molecule has 0 unspecified atom stereocenters. The molecule has 29 heavy (non-hydrogen) atoms. The van der Waals surface area contributed by atoms with Crippen molar-refractivity contribution in [2.24, 2.45) is 11.5 Å². The quantitative estimate of drug-likeness (QED) is 0.682. The monoisotopic (exact) mass is 422 g/mol. The van der Waals surface area contributed by atoms with Gasteiger partial charge in [0, 0.05) is 12.1 Å². The van der Waals surface area contributed by atoms with E-state index in [1.54, 1.807) is 4.68 Å². The van der Waals surface area contributed by atoms with Crippen molar-refractivity contribution < 1.29 is 18.8 Å². The Kier molecular flexibility index (Phi) is 5.22. The second kappa shape index (κ2) is 7.36. The molecule has 0 fully saturated rings. The standard InChI is InChI=1S/C18H20ClFN6O3/c1-18(2,16(22)28)23-17(29)25-5-6-26-12(8-25)13(15(21)27)14(24-26)9-3-4-11(20)10(19)7-9/h3-4,7H,5-6,8H2,1-2H3,(H2,21,27)(H2,22,28)(H,23,29). The topological polar surface area (TPSA) is 136 Å². The molecule has 0 saturated carbocycles. The van der Waals surface area contributed by atoms with Crippen molar-refractivity contribution in [2.75, 3.05) is 6.54 Å². The molecule has 0 saturated heterocycles. The SMILES string of the molecule is CC(C)(NC(=O)N1CCn2nc(-c3ccc(F)c(Cl)c3)c(C(N)=O)c2C1)C(N)=O. The van der Waals surface area contributed by atoms with Crippen LogP contribution in [-0.4, -0.2) is 44.6 Å². The predicted molar refractivity (Wildman–Crippen MR) is 103 cm³/mol. The highest BCUT2D eigenvalue weighted by molar-refractivity contribution is 6.31. The molecule has 11 heteroatoms. The van der Waals surface area contributed by atoms with Gasteiger partial charge in [0.25, 0.3) is 5.91 Å². The molecule has 0 atom stereocenters. The summed E-state index contributed by atoms with van der Waals surface area (Å²) in [5.41, 5.74) is 10.9. The molecule has 2 aromatic rings. The maximum atomic E-state index is 13.5. The first kappa shape index (κ1) is 20.6. The zero-order valence-corrected chi connectivity index (χ0v) is 16.6. The van der Waals surface area contributed by atoms with Crippen LogP contribution in [0.25, 0.3) is 11.3 Å². The number of fused-ring (bicyclic) bond motifs is 1. The van der Waals surface area contributed by atoms with Gasteiger partial charge in [-0.2, -0.15) is 5.10 Å². The molecular weight excluding hydrogens is 403 g/mol. The highest BCUT2D eigenvalue weighted by Gasteiger charge is 2.33. The van der Waals surface area contributed by atoms with Crippen LogP contribution in [0, 0.1) is 5.82 Å². The minimum Gasteiger partial charge on any atom is -0.368 e. The van der Waals surface area contributed by atoms with E-state index in [-0.39, 0.29) is 29.4 Å². The second-order valence-corrected chi connectivity index (χ2v) is 7.63. The first-order valence-corrected chi connectivity index (χ1v) is 9.11. The zero-order chi connectivity index (χ0) is 21.5. The first-order chi connectivity index (χ1) is 13.5. The Bertz CT molecular complexity index is 1020. The van der Waals surface area contributed by atoms with E-state index in [0.717, 1.165) is 0 Å². The van der Waals surface area contributed by atoms with Gasteiger partial charge < -0.3 is 21.7 Å². The van der Waals surface area contributed by atoms with Gasteiger partial charge >= 0.3 is 6.03 Å². The first-order valence-electron chi connectivity index (χ1n) is 8.73. The van der Waals surface area contributed by atoms with E-state index >= 15 is 0 Å². The number of primary amides is 2. The lowest BCUT2D eigenvalue weighted by Crippen LogP contribution is -2.57. The van der Waals surface area contributed by atoms with Gasteiger partial charge in [-0.05, 0) is 32.0 Å². The third-order valence-electron chi connectivity index (χ3n) is 4.74. The van der Waals surface area contributed by atoms with Crippen LogP contribution in [0.15, 0.2) is 18.2 Å². The van der Waals surface area contributed by atoms with Crippen LogP contribution in [0.2, 0.25) is 5.02 Å². The van der Waals surface area contributed by atoms with Crippen molar-refractivity contribution in [3.05, 3.63) is 40.3 Å². The van der Waals surface area contributed by atoms with Crippen molar-refractivity contribution >= 4 is 29.4 Å². The number of carbonyl (C=O) groups is 3. The molecule has 1 aromatic heterocycles. The Labute approximate surface area is 170 Å². The number of nitrogens with zero attached hydrogens (tertiary/aromatic N) is 3. The molecule has 0 radical (unpaired) electrons. The van der Waals surface area contributed by atoms with Crippen molar-refractivity contribution in [3.8, 4) is 11.3 Å². The number of nitrogens with two attached hydrogens (primary N) is 2. The highest BCUT2D eigenvalue weighted by Crippen LogP contribution is 2.30. The van der Waals surface area contributed by atoms with Crippen LogP contribution >= 0.6 is 11.6 Å². The number of amides is 4. The molecule has 4 amide bonds. The van der Waals surface area contributed by atoms with E-state index in [4.69, 9.17) is 23.1 Å². The van der Waals surface area contributed by atoms with Gasteiger partial charge in [-0.1, -0.05) is 11.6 Å². The largest absolute Gasteiger partial charge is 0.368 e. The predicted octanol–water partition coefficient (Wildman–Crippen LogP) is 1.23. The molecular formula is C18H20ClFN6O3. The van der Waals surface area contributed by atoms with Crippen LogP contribution in [0.5, 0.6) is 0 Å². The summed E-state index contributed by atoms with van der Waals surface area (Å²) >= 11 is 5.85. The third-order valence-corrected chi connectivity index (χ3v) is 5.03. The minimum absolute atomic E-state index is 0.0425. The molecule has 0 spiro atoms. The highest BCUT2D eigenvalue weighted by atomic mass is 35.5. The Morgan fingerprint density at radius 3 is 2.52 bits per heavy atom. The summed E-state index contributed by atoms with van der Waals surface area (Å²) in [5, 5.41) is 6.86. The Balaban J connectivity index is 1.95. The van der Waals surface area contributed by atoms with Gasteiger partial charge in [-0.3, -0.25) is 14.3 Å². The van der Waals surface area contributed by atoms with Gasteiger partial charge in [-0.15, -0.1) is 0 Å². The van der Waals surface area contributed by atoms with Crippen LogP contribution < -0.4 is 16.8 Å². The zero-order valence-electron chi connectivity index (χ0n) is 15.8. The normalized spacial score (nSPS) is 13.7. The number of hydrogen-bond donors (Lipinski definition) is 3. The van der Waals surface area contributed by atoms with Gasteiger partial charge in [-0.25, -0.2) is 9.18 Å². The minimum atomic E-state index is -1.24.